The molecule has 0 radical (unpaired) electrons. The summed E-state index contributed by atoms with van der Waals surface area (Å²) in [4.78, 5) is 7.45. The van der Waals surface area contributed by atoms with Crippen molar-refractivity contribution >= 4 is 11.5 Å². The highest BCUT2D eigenvalue weighted by Gasteiger charge is 2.38. The highest BCUT2D eigenvalue weighted by molar-refractivity contribution is 5.76. The van der Waals surface area contributed by atoms with Crippen LogP contribution in [0.15, 0.2) is 24.5 Å². The zero-order valence-electron chi connectivity index (χ0n) is 19.9. The molecular formula is C25H32N6O4. The lowest BCUT2D eigenvalue weighted by molar-refractivity contribution is -0.0717. The van der Waals surface area contributed by atoms with Crippen molar-refractivity contribution in [3.63, 3.8) is 0 Å². The van der Waals surface area contributed by atoms with Gasteiger partial charge in [-0.25, -0.2) is 14.2 Å². The van der Waals surface area contributed by atoms with Crippen LogP contribution in [0, 0.1) is 0 Å². The molecule has 4 aliphatic rings. The molecule has 0 spiro atoms. The van der Waals surface area contributed by atoms with Gasteiger partial charge < -0.3 is 24.2 Å². The van der Waals surface area contributed by atoms with Crippen molar-refractivity contribution in [2.75, 3.05) is 37.8 Å². The number of anilines is 1. The Hall–Kier alpha value is -2.53. The minimum Gasteiger partial charge on any atom is -0.383 e. The van der Waals surface area contributed by atoms with Gasteiger partial charge in [0.15, 0.2) is 11.9 Å². The van der Waals surface area contributed by atoms with Gasteiger partial charge in [-0.05, 0) is 38.2 Å². The van der Waals surface area contributed by atoms with Crippen LogP contribution in [0.1, 0.15) is 56.9 Å². The van der Waals surface area contributed by atoms with Crippen LogP contribution >= 0.6 is 0 Å². The van der Waals surface area contributed by atoms with Gasteiger partial charge in [0.2, 0.25) is 0 Å². The molecule has 10 heteroatoms. The Morgan fingerprint density at radius 1 is 1.00 bits per heavy atom. The van der Waals surface area contributed by atoms with Crippen LogP contribution in [0.25, 0.3) is 16.9 Å². The van der Waals surface area contributed by atoms with E-state index < -0.39 is 5.60 Å². The maximum absolute atomic E-state index is 11.7. The van der Waals surface area contributed by atoms with Crippen LogP contribution in [0.5, 0.6) is 0 Å². The number of fused-ring (bicyclic) bond motifs is 3. The molecule has 3 atom stereocenters. The van der Waals surface area contributed by atoms with Gasteiger partial charge in [0.1, 0.15) is 11.4 Å². The average molecular weight is 481 g/mol. The number of rotatable bonds is 4. The lowest BCUT2D eigenvalue weighted by Gasteiger charge is -2.35. The third-order valence-electron chi connectivity index (χ3n) is 8.00. The standard InChI is InChI=1S/C25H32N6O4/c32-25(7-11-33-12-8-25)21-13-22(29-15-17-4-5-18(16-29)35-17)28-24-19(14-27-31(21)24)20-6-9-26-30(20)23-3-1-2-10-34-23/h6,9,13-14,17-18,23,32H,1-5,7-8,10-12,15-16H2/t17-,18+,23?. The van der Waals surface area contributed by atoms with Gasteiger partial charge in [0.25, 0.3) is 0 Å². The highest BCUT2D eigenvalue weighted by Crippen LogP contribution is 2.38. The van der Waals surface area contributed by atoms with E-state index in [-0.39, 0.29) is 18.4 Å². The first-order valence-corrected chi connectivity index (χ1v) is 12.9. The quantitative estimate of drug-likeness (QED) is 0.609. The first-order valence-electron chi connectivity index (χ1n) is 12.9. The van der Waals surface area contributed by atoms with Crippen molar-refractivity contribution < 1.29 is 19.3 Å². The van der Waals surface area contributed by atoms with Crippen LogP contribution in [0.2, 0.25) is 0 Å². The Morgan fingerprint density at radius 2 is 1.83 bits per heavy atom. The summed E-state index contributed by atoms with van der Waals surface area (Å²) in [7, 11) is 0. The predicted octanol–water partition coefficient (Wildman–Crippen LogP) is 2.66. The fourth-order valence-corrected chi connectivity index (χ4v) is 6.06. The number of hydrogen-bond acceptors (Lipinski definition) is 8. The molecule has 0 aliphatic carbocycles. The van der Waals surface area contributed by atoms with E-state index >= 15 is 0 Å². The molecule has 10 nitrogen and oxygen atoms in total. The van der Waals surface area contributed by atoms with Crippen LogP contribution < -0.4 is 4.90 Å². The lowest BCUT2D eigenvalue weighted by Crippen LogP contribution is -2.43. The van der Waals surface area contributed by atoms with Crippen molar-refractivity contribution in [1.82, 2.24) is 24.4 Å². The number of nitrogens with zero attached hydrogens (tertiary/aromatic N) is 6. The Bertz CT molecular complexity index is 1200. The second kappa shape index (κ2) is 8.55. The van der Waals surface area contributed by atoms with Gasteiger partial charge in [-0.3, -0.25) is 0 Å². The van der Waals surface area contributed by atoms with E-state index in [0.717, 1.165) is 80.2 Å². The zero-order chi connectivity index (χ0) is 23.4. The molecule has 3 aromatic rings. The van der Waals surface area contributed by atoms with Gasteiger partial charge in [0, 0.05) is 58.0 Å². The summed E-state index contributed by atoms with van der Waals surface area (Å²) in [5.41, 5.74) is 2.31. The SMILES string of the molecule is OC1(c2cc(N3C[C@H]4CC[C@@H](C3)O4)nc3c(-c4ccnn4C4CCCCO4)cnn23)CCOCC1. The molecule has 1 unspecified atom stereocenters. The summed E-state index contributed by atoms with van der Waals surface area (Å²) < 4.78 is 21.5. The monoisotopic (exact) mass is 480 g/mol. The van der Waals surface area contributed by atoms with Crippen molar-refractivity contribution in [2.45, 2.75) is 69.0 Å². The molecule has 3 aromatic heterocycles. The topological polar surface area (TPSA) is 99.2 Å². The summed E-state index contributed by atoms with van der Waals surface area (Å²) in [6.45, 7) is 3.43. The Morgan fingerprint density at radius 3 is 2.60 bits per heavy atom. The number of aliphatic hydroxyl groups is 1. The normalized spacial score (nSPS) is 28.6. The predicted molar refractivity (Wildman–Crippen MR) is 127 cm³/mol. The molecular weight excluding hydrogens is 448 g/mol. The Labute approximate surface area is 203 Å². The number of hydrogen-bond donors (Lipinski definition) is 1. The van der Waals surface area contributed by atoms with Crippen molar-refractivity contribution in [2.24, 2.45) is 0 Å². The van der Waals surface area contributed by atoms with Gasteiger partial charge >= 0.3 is 0 Å². The average Bonchev–Trinajstić information content (AvgIpc) is 3.62. The molecule has 7 heterocycles. The number of ether oxygens (including phenoxy) is 3. The van der Waals surface area contributed by atoms with Gasteiger partial charge in [-0.15, -0.1) is 0 Å². The Balaban J connectivity index is 1.36. The van der Waals surface area contributed by atoms with Gasteiger partial charge in [0.05, 0.1) is 35.4 Å². The Kier molecular flexibility index (Phi) is 5.31. The molecule has 0 aromatic carbocycles. The van der Waals surface area contributed by atoms with E-state index in [4.69, 9.17) is 24.3 Å². The summed E-state index contributed by atoms with van der Waals surface area (Å²) in [5, 5.41) is 21.1. The third-order valence-corrected chi connectivity index (χ3v) is 8.00. The first-order chi connectivity index (χ1) is 17.2. The first kappa shape index (κ1) is 21.7. The maximum atomic E-state index is 11.7. The van der Waals surface area contributed by atoms with Crippen LogP contribution in [-0.2, 0) is 19.8 Å². The third kappa shape index (κ3) is 3.74. The summed E-state index contributed by atoms with van der Waals surface area (Å²) in [5.74, 6) is 0.870. The highest BCUT2D eigenvalue weighted by atomic mass is 16.5. The maximum Gasteiger partial charge on any atom is 0.167 e. The zero-order valence-corrected chi connectivity index (χ0v) is 19.9. The second-order valence-electron chi connectivity index (χ2n) is 10.3. The molecule has 186 valence electrons. The van der Waals surface area contributed by atoms with Gasteiger partial charge in [-0.1, -0.05) is 0 Å². The van der Waals surface area contributed by atoms with Crippen molar-refractivity contribution in [3.05, 3.63) is 30.2 Å². The van der Waals surface area contributed by atoms with E-state index in [2.05, 4.69) is 10.00 Å². The summed E-state index contributed by atoms with van der Waals surface area (Å²) in [6, 6.07) is 4.03. The fourth-order valence-electron chi connectivity index (χ4n) is 6.06. The van der Waals surface area contributed by atoms with Crippen molar-refractivity contribution in [3.8, 4) is 11.3 Å². The van der Waals surface area contributed by atoms with Gasteiger partial charge in [-0.2, -0.15) is 10.2 Å². The summed E-state index contributed by atoms with van der Waals surface area (Å²) in [6.07, 6.45) is 10.5. The van der Waals surface area contributed by atoms with E-state index in [1.807, 2.05) is 33.7 Å². The molecule has 0 saturated carbocycles. The van der Waals surface area contributed by atoms with E-state index in [1.54, 1.807) is 0 Å². The summed E-state index contributed by atoms with van der Waals surface area (Å²) >= 11 is 0. The molecule has 4 saturated heterocycles. The second-order valence-corrected chi connectivity index (χ2v) is 10.3. The molecule has 35 heavy (non-hydrogen) atoms. The van der Waals surface area contributed by atoms with Crippen LogP contribution in [0.4, 0.5) is 5.82 Å². The smallest absolute Gasteiger partial charge is 0.167 e. The van der Waals surface area contributed by atoms with E-state index in [1.165, 1.54) is 0 Å². The number of morpholine rings is 1. The molecule has 4 fully saturated rings. The van der Waals surface area contributed by atoms with E-state index in [9.17, 15) is 5.11 Å². The fraction of sp³-hybridized carbons (Fsp3) is 0.640. The lowest BCUT2D eigenvalue weighted by atomic mass is 9.90. The van der Waals surface area contributed by atoms with Crippen LogP contribution in [-0.4, -0.2) is 74.6 Å². The minimum absolute atomic E-state index is 0.0825. The molecule has 4 aliphatic heterocycles. The molecule has 7 rings (SSSR count). The molecule has 1 N–H and O–H groups in total. The van der Waals surface area contributed by atoms with E-state index in [0.29, 0.717) is 26.1 Å². The number of aromatic nitrogens is 5. The largest absolute Gasteiger partial charge is 0.383 e. The molecule has 0 amide bonds. The van der Waals surface area contributed by atoms with Crippen LogP contribution in [0.3, 0.4) is 0 Å². The van der Waals surface area contributed by atoms with Crippen molar-refractivity contribution in [1.29, 1.82) is 0 Å². The minimum atomic E-state index is -1.02. The molecule has 2 bridgehead atoms.